The molecule has 3 aromatic heterocycles. The summed E-state index contributed by atoms with van der Waals surface area (Å²) in [6.45, 7) is 0. The van der Waals surface area contributed by atoms with Crippen LogP contribution >= 0.6 is 11.3 Å². The van der Waals surface area contributed by atoms with E-state index in [0.717, 1.165) is 44.3 Å². The monoisotopic (exact) mass is 679 g/mol. The van der Waals surface area contributed by atoms with Crippen LogP contribution in [-0.4, -0.2) is 14.5 Å². The van der Waals surface area contributed by atoms with Gasteiger partial charge in [0.1, 0.15) is 0 Å². The third-order valence-electron chi connectivity index (χ3n) is 10.4. The minimum absolute atomic E-state index is 0.658. The van der Waals surface area contributed by atoms with Gasteiger partial charge in [0.2, 0.25) is 5.95 Å². The Hall–Kier alpha value is -6.62. The summed E-state index contributed by atoms with van der Waals surface area (Å²) < 4.78 is 4.92. The van der Waals surface area contributed by atoms with Crippen LogP contribution in [0.4, 0.5) is 0 Å². The number of fused-ring (bicyclic) bond motifs is 8. The first-order valence-corrected chi connectivity index (χ1v) is 18.4. The number of rotatable bonds is 4. The van der Waals surface area contributed by atoms with Crippen LogP contribution in [0.15, 0.2) is 176 Å². The van der Waals surface area contributed by atoms with Crippen molar-refractivity contribution in [3.63, 3.8) is 0 Å². The second-order valence-electron chi connectivity index (χ2n) is 13.4. The number of benzene rings is 8. The second kappa shape index (κ2) is 11.5. The number of hydrogen-bond acceptors (Lipinski definition) is 3. The quantitative estimate of drug-likeness (QED) is 0.185. The van der Waals surface area contributed by atoms with Gasteiger partial charge in [-0.3, -0.25) is 4.57 Å². The van der Waals surface area contributed by atoms with Gasteiger partial charge in [-0.2, -0.15) is 0 Å². The Labute approximate surface area is 303 Å². The lowest BCUT2D eigenvalue weighted by molar-refractivity contribution is 1.01. The molecule has 3 nitrogen and oxygen atoms in total. The van der Waals surface area contributed by atoms with E-state index >= 15 is 0 Å². The topological polar surface area (TPSA) is 30.7 Å². The maximum absolute atomic E-state index is 5.40. The van der Waals surface area contributed by atoms with Crippen LogP contribution in [0.1, 0.15) is 0 Å². The zero-order chi connectivity index (χ0) is 34.2. The molecule has 0 spiro atoms. The third-order valence-corrected chi connectivity index (χ3v) is 11.5. The number of thiophene rings is 1. The summed E-state index contributed by atoms with van der Waals surface area (Å²) in [6, 6.07) is 63.1. The highest BCUT2D eigenvalue weighted by atomic mass is 32.1. The number of aromatic nitrogens is 3. The fourth-order valence-electron chi connectivity index (χ4n) is 8.04. The van der Waals surface area contributed by atoms with Gasteiger partial charge < -0.3 is 0 Å². The highest BCUT2D eigenvalue weighted by Crippen LogP contribution is 2.43. The molecule has 0 unspecified atom stereocenters. The minimum atomic E-state index is 0.658. The van der Waals surface area contributed by atoms with Gasteiger partial charge in [-0.25, -0.2) is 9.97 Å². The summed E-state index contributed by atoms with van der Waals surface area (Å²) in [5.74, 6) is 0.658. The normalized spacial score (nSPS) is 11.8. The van der Waals surface area contributed by atoms with Crippen LogP contribution in [0, 0.1) is 0 Å². The van der Waals surface area contributed by atoms with Crippen molar-refractivity contribution in [2.75, 3.05) is 0 Å². The SMILES string of the molecule is c1ccc(-c2nc(-n3c4cc5ccccc5cc4c4cccc(-c5cccc(-c6cccc7sc8ccccc8c67)c5)c43)nc3ccccc23)cc1. The molecule has 242 valence electrons. The van der Waals surface area contributed by atoms with E-state index in [1.807, 2.05) is 17.4 Å². The maximum Gasteiger partial charge on any atom is 0.235 e. The van der Waals surface area contributed by atoms with E-state index in [1.54, 1.807) is 0 Å². The van der Waals surface area contributed by atoms with Crippen LogP contribution in [0.3, 0.4) is 0 Å². The molecular formula is C48H29N3S. The molecule has 11 aromatic rings. The summed E-state index contributed by atoms with van der Waals surface area (Å²) in [7, 11) is 0. The molecule has 0 saturated carbocycles. The molecule has 0 amide bonds. The van der Waals surface area contributed by atoms with Crippen LogP contribution in [0.5, 0.6) is 0 Å². The maximum atomic E-state index is 5.40. The van der Waals surface area contributed by atoms with Gasteiger partial charge in [0.05, 0.1) is 22.2 Å². The Kier molecular flexibility index (Phi) is 6.42. The van der Waals surface area contributed by atoms with Crippen molar-refractivity contribution in [1.29, 1.82) is 0 Å². The first-order valence-electron chi connectivity index (χ1n) is 17.6. The van der Waals surface area contributed by atoms with Crippen molar-refractivity contribution < 1.29 is 0 Å². The van der Waals surface area contributed by atoms with Crippen LogP contribution in [0.25, 0.3) is 103 Å². The molecule has 0 radical (unpaired) electrons. The van der Waals surface area contributed by atoms with Gasteiger partial charge in [-0.1, -0.05) is 140 Å². The van der Waals surface area contributed by atoms with Gasteiger partial charge in [0, 0.05) is 47.5 Å². The van der Waals surface area contributed by atoms with E-state index in [2.05, 4.69) is 174 Å². The van der Waals surface area contributed by atoms with Gasteiger partial charge in [0.25, 0.3) is 0 Å². The third kappa shape index (κ3) is 4.45. The molecule has 0 aliphatic rings. The summed E-state index contributed by atoms with van der Waals surface area (Å²) in [4.78, 5) is 10.7. The first-order chi connectivity index (χ1) is 25.8. The lowest BCUT2D eigenvalue weighted by atomic mass is 9.95. The predicted octanol–water partition coefficient (Wildman–Crippen LogP) is 13.2. The summed E-state index contributed by atoms with van der Waals surface area (Å²) in [6.07, 6.45) is 0. The van der Waals surface area contributed by atoms with Crippen molar-refractivity contribution in [2.24, 2.45) is 0 Å². The van der Waals surface area contributed by atoms with E-state index in [1.165, 1.54) is 52.8 Å². The van der Waals surface area contributed by atoms with Gasteiger partial charge >= 0.3 is 0 Å². The highest BCUT2D eigenvalue weighted by Gasteiger charge is 2.21. The van der Waals surface area contributed by atoms with E-state index < -0.39 is 0 Å². The zero-order valence-corrected chi connectivity index (χ0v) is 28.8. The van der Waals surface area contributed by atoms with Crippen LogP contribution in [-0.2, 0) is 0 Å². The summed E-state index contributed by atoms with van der Waals surface area (Å²) in [5, 5.41) is 8.40. The van der Waals surface area contributed by atoms with E-state index in [4.69, 9.17) is 9.97 Å². The fourth-order valence-corrected chi connectivity index (χ4v) is 9.17. The molecule has 0 atom stereocenters. The second-order valence-corrected chi connectivity index (χ2v) is 14.5. The van der Waals surface area contributed by atoms with Gasteiger partial charge in [0.15, 0.2) is 0 Å². The molecule has 0 fully saturated rings. The van der Waals surface area contributed by atoms with Crippen molar-refractivity contribution in [2.45, 2.75) is 0 Å². The van der Waals surface area contributed by atoms with Gasteiger partial charge in [-0.05, 0) is 63.9 Å². The molecule has 0 N–H and O–H groups in total. The molecular weight excluding hydrogens is 651 g/mol. The van der Waals surface area contributed by atoms with Crippen molar-refractivity contribution in [3.8, 4) is 39.5 Å². The van der Waals surface area contributed by atoms with Gasteiger partial charge in [-0.15, -0.1) is 11.3 Å². The van der Waals surface area contributed by atoms with Crippen molar-refractivity contribution in [3.05, 3.63) is 176 Å². The van der Waals surface area contributed by atoms with Crippen molar-refractivity contribution in [1.82, 2.24) is 14.5 Å². The van der Waals surface area contributed by atoms with Crippen LogP contribution < -0.4 is 0 Å². The zero-order valence-electron chi connectivity index (χ0n) is 28.0. The molecule has 0 aliphatic heterocycles. The Balaban J connectivity index is 1.22. The van der Waals surface area contributed by atoms with Crippen molar-refractivity contribution >= 4 is 75.0 Å². The standard InChI is InChI=1S/C48H29N3S/c1-2-13-30(14-3-1)46-38-19-6-8-24-41(38)49-48(50-46)51-42-29-32-16-5-4-15-31(32)28-40(42)37-23-11-22-36(47(37)51)34-18-10-17-33(27-34)35-21-12-26-44-45(35)39-20-7-9-25-43(39)52-44/h1-29H. The fraction of sp³-hybridized carbons (Fsp3) is 0. The average Bonchev–Trinajstić information content (AvgIpc) is 3.75. The number of para-hydroxylation sites is 2. The first kappa shape index (κ1) is 29.1. The Morgan fingerprint density at radius 3 is 1.94 bits per heavy atom. The van der Waals surface area contributed by atoms with E-state index in [0.29, 0.717) is 5.95 Å². The molecule has 8 aromatic carbocycles. The summed E-state index contributed by atoms with van der Waals surface area (Å²) >= 11 is 1.86. The molecule has 3 heterocycles. The Bertz CT molecular complexity index is 3190. The Morgan fingerprint density at radius 2 is 1.06 bits per heavy atom. The minimum Gasteiger partial charge on any atom is -0.277 e. The van der Waals surface area contributed by atoms with Crippen LogP contribution in [0.2, 0.25) is 0 Å². The van der Waals surface area contributed by atoms with E-state index in [-0.39, 0.29) is 0 Å². The van der Waals surface area contributed by atoms with E-state index in [9.17, 15) is 0 Å². The smallest absolute Gasteiger partial charge is 0.235 e. The Morgan fingerprint density at radius 1 is 0.423 bits per heavy atom. The average molecular weight is 680 g/mol. The predicted molar refractivity (Wildman–Crippen MR) is 221 cm³/mol. The highest BCUT2D eigenvalue weighted by molar-refractivity contribution is 7.25. The molecule has 0 bridgehead atoms. The molecule has 52 heavy (non-hydrogen) atoms. The lowest BCUT2D eigenvalue weighted by Gasteiger charge is -2.14. The summed E-state index contributed by atoms with van der Waals surface area (Å²) in [5.41, 5.74) is 9.82. The molecule has 0 aliphatic carbocycles. The molecule has 11 rings (SSSR count). The lowest BCUT2D eigenvalue weighted by Crippen LogP contribution is -2.04. The molecule has 0 saturated heterocycles. The number of nitrogens with zero attached hydrogens (tertiary/aromatic N) is 3. The molecule has 4 heteroatoms. The number of hydrogen-bond donors (Lipinski definition) is 0. The largest absolute Gasteiger partial charge is 0.277 e.